The van der Waals surface area contributed by atoms with E-state index in [1.807, 2.05) is 6.07 Å². The number of carbonyl (C=O) groups is 1. The number of nitrogens with zero attached hydrogens (tertiary/aromatic N) is 6. The number of halogens is 1. The molecule has 2 aromatic carbocycles. The third kappa shape index (κ3) is 6.58. The van der Waals surface area contributed by atoms with E-state index < -0.39 is 40.6 Å². The Hall–Kier alpha value is -5.13. The van der Waals surface area contributed by atoms with Crippen LogP contribution in [0.2, 0.25) is 0 Å². The standard InChI is InChI=1S/C33H33FN6O6S/c1-20(16-35)18-45-26(24-15-23(34)11-12-25(24)44-5)17-38-30-27(21(2)29(47-30)40-36-13-14-37-40)28(41)39(32(38)43)33(3,4)31(42)46-19-22-9-7-6-8-10-22/h6-15,20,26H,17-19H2,1-5H3/t20?,26-/m0/s1. The van der Waals surface area contributed by atoms with Crippen LogP contribution in [-0.4, -0.2) is 43.8 Å². The molecule has 12 nitrogen and oxygen atoms in total. The summed E-state index contributed by atoms with van der Waals surface area (Å²) in [6, 6.07) is 15.0. The molecule has 0 aliphatic carbocycles. The molecule has 0 aliphatic rings. The number of benzene rings is 2. The topological polar surface area (TPSA) is 143 Å². The zero-order valence-corrected chi connectivity index (χ0v) is 27.3. The van der Waals surface area contributed by atoms with Crippen LogP contribution in [0.5, 0.6) is 5.75 Å². The van der Waals surface area contributed by atoms with E-state index in [-0.39, 0.29) is 30.0 Å². The molecule has 1 unspecified atom stereocenters. The lowest BCUT2D eigenvalue weighted by Crippen LogP contribution is -2.53. The highest BCUT2D eigenvalue weighted by Gasteiger charge is 2.37. The zero-order valence-electron chi connectivity index (χ0n) is 26.5. The van der Waals surface area contributed by atoms with E-state index in [4.69, 9.17) is 14.2 Å². The molecule has 0 fully saturated rings. The molecule has 0 amide bonds. The molecule has 5 aromatic rings. The Morgan fingerprint density at radius 1 is 1.13 bits per heavy atom. The summed E-state index contributed by atoms with van der Waals surface area (Å²) >= 11 is 1.11. The quantitative estimate of drug-likeness (QED) is 0.175. The van der Waals surface area contributed by atoms with E-state index in [1.54, 1.807) is 38.1 Å². The van der Waals surface area contributed by atoms with Gasteiger partial charge in [-0.2, -0.15) is 15.5 Å². The average molecular weight is 661 g/mol. The molecular weight excluding hydrogens is 627 g/mol. The van der Waals surface area contributed by atoms with E-state index in [9.17, 15) is 24.0 Å². The first-order valence-corrected chi connectivity index (χ1v) is 15.5. The van der Waals surface area contributed by atoms with Crippen LogP contribution < -0.4 is 16.0 Å². The first-order valence-electron chi connectivity index (χ1n) is 14.7. The molecule has 0 aliphatic heterocycles. The maximum atomic E-state index is 14.6. The van der Waals surface area contributed by atoms with Crippen LogP contribution in [0, 0.1) is 30.0 Å². The number of rotatable bonds is 12. The van der Waals surface area contributed by atoms with Gasteiger partial charge in [0.2, 0.25) is 0 Å². The third-order valence-electron chi connectivity index (χ3n) is 7.71. The third-order valence-corrected chi connectivity index (χ3v) is 8.99. The highest BCUT2D eigenvalue weighted by molar-refractivity contribution is 7.21. The van der Waals surface area contributed by atoms with Gasteiger partial charge in [0.15, 0.2) is 0 Å². The molecule has 47 heavy (non-hydrogen) atoms. The van der Waals surface area contributed by atoms with Crippen molar-refractivity contribution in [3.05, 3.63) is 104 Å². The van der Waals surface area contributed by atoms with Crippen molar-refractivity contribution in [2.45, 2.75) is 52.5 Å². The van der Waals surface area contributed by atoms with E-state index in [2.05, 4.69) is 16.3 Å². The van der Waals surface area contributed by atoms with Gasteiger partial charge >= 0.3 is 11.7 Å². The SMILES string of the molecule is COc1ccc(F)cc1[C@H](Cn1c(=O)n(C(C)(C)C(=O)OCc2ccccc2)c(=O)c2c(C)c(-n3nccn3)sc21)OCC(C)C#N. The van der Waals surface area contributed by atoms with Crippen molar-refractivity contribution in [3.63, 3.8) is 0 Å². The summed E-state index contributed by atoms with van der Waals surface area (Å²) in [5, 5.41) is 18.5. The molecular formula is C33H33FN6O6S. The van der Waals surface area contributed by atoms with Gasteiger partial charge in [0, 0.05) is 11.1 Å². The summed E-state index contributed by atoms with van der Waals surface area (Å²) < 4.78 is 34.0. The lowest BCUT2D eigenvalue weighted by molar-refractivity contribution is -0.154. The van der Waals surface area contributed by atoms with Gasteiger partial charge in [0.1, 0.15) is 39.6 Å². The van der Waals surface area contributed by atoms with Crippen LogP contribution in [0.4, 0.5) is 4.39 Å². The number of hydrogen-bond donors (Lipinski definition) is 0. The first kappa shape index (κ1) is 33.2. The average Bonchev–Trinajstić information content (AvgIpc) is 3.71. The molecule has 3 aromatic heterocycles. The smallest absolute Gasteiger partial charge is 0.333 e. The van der Waals surface area contributed by atoms with E-state index >= 15 is 0 Å². The number of aryl methyl sites for hydroxylation is 1. The Morgan fingerprint density at radius 3 is 2.49 bits per heavy atom. The van der Waals surface area contributed by atoms with Crippen LogP contribution in [0.3, 0.4) is 0 Å². The predicted octanol–water partition coefficient (Wildman–Crippen LogP) is 4.66. The number of carbonyl (C=O) groups excluding carboxylic acids is 1. The van der Waals surface area contributed by atoms with Crippen LogP contribution in [0.15, 0.2) is 70.5 Å². The highest BCUT2D eigenvalue weighted by atomic mass is 32.1. The minimum absolute atomic E-state index is 0.0401. The van der Waals surface area contributed by atoms with Crippen molar-refractivity contribution in [2.75, 3.05) is 13.7 Å². The Kier molecular flexibility index (Phi) is 9.69. The molecule has 0 radical (unpaired) electrons. The molecule has 244 valence electrons. The van der Waals surface area contributed by atoms with Crippen LogP contribution >= 0.6 is 11.3 Å². The lowest BCUT2D eigenvalue weighted by atomic mass is 10.0. The summed E-state index contributed by atoms with van der Waals surface area (Å²) in [4.78, 5) is 43.9. The van der Waals surface area contributed by atoms with Gasteiger partial charge < -0.3 is 14.2 Å². The second-order valence-corrected chi connectivity index (χ2v) is 12.4. The number of thiophene rings is 1. The van der Waals surface area contributed by atoms with Crippen molar-refractivity contribution >= 4 is 27.5 Å². The molecule has 14 heteroatoms. The highest BCUT2D eigenvalue weighted by Crippen LogP contribution is 2.34. The Balaban J connectivity index is 1.71. The number of aromatic nitrogens is 5. The largest absolute Gasteiger partial charge is 0.496 e. The Bertz CT molecular complexity index is 2060. The summed E-state index contributed by atoms with van der Waals surface area (Å²) in [6.07, 6.45) is 1.96. The Morgan fingerprint density at radius 2 is 1.83 bits per heavy atom. The maximum Gasteiger partial charge on any atom is 0.333 e. The summed E-state index contributed by atoms with van der Waals surface area (Å²) in [6.45, 7) is 5.92. The minimum Gasteiger partial charge on any atom is -0.496 e. The number of esters is 1. The van der Waals surface area contributed by atoms with Gasteiger partial charge in [0.05, 0.1) is 50.0 Å². The summed E-state index contributed by atoms with van der Waals surface area (Å²) in [7, 11) is 1.42. The van der Waals surface area contributed by atoms with E-state index in [1.165, 1.54) is 60.9 Å². The first-order chi connectivity index (χ1) is 22.5. The van der Waals surface area contributed by atoms with Crippen molar-refractivity contribution in [1.29, 1.82) is 5.26 Å². The van der Waals surface area contributed by atoms with Gasteiger partial charge in [-0.1, -0.05) is 41.7 Å². The minimum atomic E-state index is -1.75. The molecule has 0 saturated heterocycles. The van der Waals surface area contributed by atoms with Crippen molar-refractivity contribution in [3.8, 4) is 16.8 Å². The van der Waals surface area contributed by atoms with Crippen molar-refractivity contribution in [2.24, 2.45) is 5.92 Å². The van der Waals surface area contributed by atoms with Crippen LogP contribution in [-0.2, 0) is 33.0 Å². The van der Waals surface area contributed by atoms with Gasteiger partial charge in [0.25, 0.3) is 5.56 Å². The van der Waals surface area contributed by atoms with Crippen molar-refractivity contribution in [1.82, 2.24) is 24.1 Å². The summed E-state index contributed by atoms with van der Waals surface area (Å²) in [5.41, 5.74) is -1.76. The van der Waals surface area contributed by atoms with Gasteiger partial charge in [-0.25, -0.2) is 18.5 Å². The number of ether oxygens (including phenoxy) is 3. The van der Waals surface area contributed by atoms with Crippen LogP contribution in [0.25, 0.3) is 15.2 Å². The van der Waals surface area contributed by atoms with Crippen LogP contribution in [0.1, 0.15) is 43.6 Å². The fraction of sp³-hybridized carbons (Fsp3) is 0.333. The molecule has 5 rings (SSSR count). The summed E-state index contributed by atoms with van der Waals surface area (Å²) in [5.74, 6) is -1.59. The second-order valence-electron chi connectivity index (χ2n) is 11.4. The molecule has 0 bridgehead atoms. The fourth-order valence-electron chi connectivity index (χ4n) is 5.15. The number of nitriles is 1. The molecule has 3 heterocycles. The van der Waals surface area contributed by atoms with Gasteiger partial charge in [-0.15, -0.1) is 4.80 Å². The van der Waals surface area contributed by atoms with Gasteiger partial charge in [-0.3, -0.25) is 9.36 Å². The molecule has 0 spiro atoms. The lowest BCUT2D eigenvalue weighted by Gasteiger charge is -2.27. The number of hydrogen-bond acceptors (Lipinski definition) is 10. The zero-order chi connectivity index (χ0) is 33.9. The van der Waals surface area contributed by atoms with E-state index in [0.29, 0.717) is 21.9 Å². The second kappa shape index (κ2) is 13.7. The van der Waals surface area contributed by atoms with Crippen molar-refractivity contribution < 1.29 is 23.4 Å². The normalized spacial score (nSPS) is 12.9. The maximum absolute atomic E-state index is 14.6. The van der Waals surface area contributed by atoms with Gasteiger partial charge in [-0.05, 0) is 51.5 Å². The number of fused-ring (bicyclic) bond motifs is 1. The fourth-order valence-corrected chi connectivity index (χ4v) is 6.37. The molecule has 0 N–H and O–H groups in total. The molecule has 0 saturated carbocycles. The van der Waals surface area contributed by atoms with E-state index in [0.717, 1.165) is 21.5 Å². The Labute approximate surface area is 273 Å². The molecule has 2 atom stereocenters. The predicted molar refractivity (Wildman–Crippen MR) is 172 cm³/mol. The number of methoxy groups -OCH3 is 1. The monoisotopic (exact) mass is 660 g/mol.